The summed E-state index contributed by atoms with van der Waals surface area (Å²) in [5.41, 5.74) is 1.07. The van der Waals surface area contributed by atoms with Crippen LogP contribution in [0.15, 0.2) is 30.3 Å². The Hall–Kier alpha value is -2.28. The molecule has 1 aliphatic heterocycles. The third kappa shape index (κ3) is 3.46. The third-order valence-corrected chi connectivity index (χ3v) is 5.26. The van der Waals surface area contributed by atoms with Crippen LogP contribution in [-0.4, -0.2) is 33.5 Å². The van der Waals surface area contributed by atoms with E-state index in [2.05, 4.69) is 15.5 Å². The normalized spacial score (nSPS) is 18.7. The zero-order chi connectivity index (χ0) is 17.1. The van der Waals surface area contributed by atoms with Crippen LogP contribution in [0.4, 0.5) is 5.13 Å². The summed E-state index contributed by atoms with van der Waals surface area (Å²) in [5.74, 6) is -0.499. The fourth-order valence-corrected chi connectivity index (χ4v) is 3.53. The van der Waals surface area contributed by atoms with Crippen LogP contribution in [0.2, 0.25) is 0 Å². The number of hydrogen-bond acceptors (Lipinski definition) is 5. The van der Waals surface area contributed by atoms with Gasteiger partial charge in [-0.3, -0.25) is 9.59 Å². The van der Waals surface area contributed by atoms with Gasteiger partial charge in [0.2, 0.25) is 16.9 Å². The molecule has 1 aliphatic rings. The maximum atomic E-state index is 12.4. The molecule has 0 unspecified atom stereocenters. The zero-order valence-corrected chi connectivity index (χ0v) is 14.5. The minimum atomic E-state index is -0.349. The number of likely N-dealkylation sites (tertiary alicyclic amines) is 1. The van der Waals surface area contributed by atoms with Crippen LogP contribution in [0.25, 0.3) is 0 Å². The van der Waals surface area contributed by atoms with Gasteiger partial charge in [0.1, 0.15) is 5.01 Å². The lowest BCUT2D eigenvalue weighted by molar-refractivity contribution is -0.129. The van der Waals surface area contributed by atoms with Crippen molar-refractivity contribution in [3.63, 3.8) is 0 Å². The molecule has 1 saturated heterocycles. The van der Waals surface area contributed by atoms with Crippen LogP contribution in [0, 0.1) is 5.92 Å². The molecule has 1 aromatic heterocycles. The molecule has 2 amide bonds. The van der Waals surface area contributed by atoms with E-state index in [1.54, 1.807) is 4.90 Å². The van der Waals surface area contributed by atoms with Gasteiger partial charge in [0, 0.05) is 13.0 Å². The summed E-state index contributed by atoms with van der Waals surface area (Å²) >= 11 is 1.37. The number of hydrogen-bond donors (Lipinski definition) is 1. The number of anilines is 1. The smallest absolute Gasteiger partial charge is 0.231 e. The molecule has 126 valence electrons. The minimum Gasteiger partial charge on any atom is -0.335 e. The zero-order valence-electron chi connectivity index (χ0n) is 13.7. The van der Waals surface area contributed by atoms with Crippen molar-refractivity contribution in [1.29, 1.82) is 0 Å². The molecular formula is C17H20N4O2S. The predicted octanol–water partition coefficient (Wildman–Crippen LogP) is 2.65. The SMILES string of the molecule is CCc1nnc(NC(=O)[C@H]2CC(=O)N([C@@H](C)c3ccccc3)C2)s1. The average molecular weight is 344 g/mol. The topological polar surface area (TPSA) is 75.2 Å². The Bertz CT molecular complexity index is 731. The van der Waals surface area contributed by atoms with E-state index in [9.17, 15) is 9.59 Å². The van der Waals surface area contributed by atoms with Crippen molar-refractivity contribution in [2.75, 3.05) is 11.9 Å². The quantitative estimate of drug-likeness (QED) is 0.905. The Kier molecular flexibility index (Phi) is 4.89. The van der Waals surface area contributed by atoms with E-state index < -0.39 is 0 Å². The molecule has 0 bridgehead atoms. The van der Waals surface area contributed by atoms with Crippen LogP contribution >= 0.6 is 11.3 Å². The summed E-state index contributed by atoms with van der Waals surface area (Å²) in [5, 5.41) is 12.1. The molecule has 7 heteroatoms. The number of amides is 2. The van der Waals surface area contributed by atoms with Crippen molar-refractivity contribution in [3.05, 3.63) is 40.9 Å². The van der Waals surface area contributed by atoms with Gasteiger partial charge in [-0.05, 0) is 18.9 Å². The summed E-state index contributed by atoms with van der Waals surface area (Å²) in [6.45, 7) is 4.41. The highest BCUT2D eigenvalue weighted by Crippen LogP contribution is 2.29. The Morgan fingerprint density at radius 3 is 2.79 bits per heavy atom. The van der Waals surface area contributed by atoms with E-state index in [1.165, 1.54) is 11.3 Å². The third-order valence-electron chi connectivity index (χ3n) is 4.28. The summed E-state index contributed by atoms with van der Waals surface area (Å²) in [4.78, 5) is 26.5. The second-order valence-corrected chi connectivity index (χ2v) is 6.94. The van der Waals surface area contributed by atoms with Gasteiger partial charge in [-0.2, -0.15) is 0 Å². The number of carbonyl (C=O) groups excluding carboxylic acids is 2. The predicted molar refractivity (Wildman–Crippen MR) is 92.6 cm³/mol. The van der Waals surface area contributed by atoms with Crippen molar-refractivity contribution >= 4 is 28.3 Å². The summed E-state index contributed by atoms with van der Waals surface area (Å²) < 4.78 is 0. The lowest BCUT2D eigenvalue weighted by Crippen LogP contribution is -2.30. The van der Waals surface area contributed by atoms with E-state index in [1.807, 2.05) is 44.2 Å². The first kappa shape index (κ1) is 16.6. The summed E-state index contributed by atoms with van der Waals surface area (Å²) in [7, 11) is 0. The van der Waals surface area contributed by atoms with Gasteiger partial charge >= 0.3 is 0 Å². The van der Waals surface area contributed by atoms with E-state index >= 15 is 0 Å². The summed E-state index contributed by atoms with van der Waals surface area (Å²) in [6.07, 6.45) is 1.03. The fourth-order valence-electron chi connectivity index (χ4n) is 2.85. The second kappa shape index (κ2) is 7.09. The fraction of sp³-hybridized carbons (Fsp3) is 0.412. The highest BCUT2D eigenvalue weighted by Gasteiger charge is 2.37. The van der Waals surface area contributed by atoms with Crippen molar-refractivity contribution in [1.82, 2.24) is 15.1 Å². The van der Waals surface area contributed by atoms with E-state index in [0.717, 1.165) is 17.0 Å². The molecule has 1 aromatic carbocycles. The van der Waals surface area contributed by atoms with Gasteiger partial charge in [-0.25, -0.2) is 0 Å². The molecule has 2 aromatic rings. The van der Waals surface area contributed by atoms with Crippen LogP contribution in [0.5, 0.6) is 0 Å². The van der Waals surface area contributed by atoms with Gasteiger partial charge in [-0.15, -0.1) is 10.2 Å². The molecule has 0 spiro atoms. The van der Waals surface area contributed by atoms with E-state index in [-0.39, 0.29) is 30.2 Å². The van der Waals surface area contributed by atoms with Crippen LogP contribution in [0.1, 0.15) is 36.9 Å². The van der Waals surface area contributed by atoms with E-state index in [4.69, 9.17) is 0 Å². The molecule has 24 heavy (non-hydrogen) atoms. The molecule has 2 heterocycles. The van der Waals surface area contributed by atoms with Gasteiger partial charge in [0.05, 0.1) is 12.0 Å². The van der Waals surface area contributed by atoms with Gasteiger partial charge in [0.15, 0.2) is 0 Å². The van der Waals surface area contributed by atoms with Gasteiger partial charge in [0.25, 0.3) is 0 Å². The molecule has 0 radical (unpaired) electrons. The molecule has 1 N–H and O–H groups in total. The number of rotatable bonds is 5. The van der Waals surface area contributed by atoms with Crippen molar-refractivity contribution < 1.29 is 9.59 Å². The lowest BCUT2D eigenvalue weighted by atomic mass is 10.1. The molecule has 6 nitrogen and oxygen atoms in total. The maximum Gasteiger partial charge on any atom is 0.231 e. The average Bonchev–Trinajstić information content (AvgIpc) is 3.21. The number of aryl methyl sites for hydroxylation is 1. The molecule has 2 atom stereocenters. The van der Waals surface area contributed by atoms with Crippen LogP contribution in [-0.2, 0) is 16.0 Å². The van der Waals surface area contributed by atoms with Crippen molar-refractivity contribution in [2.45, 2.75) is 32.7 Å². The minimum absolute atomic E-state index is 0.0121. The van der Waals surface area contributed by atoms with Crippen molar-refractivity contribution in [3.8, 4) is 0 Å². The largest absolute Gasteiger partial charge is 0.335 e. The Morgan fingerprint density at radius 1 is 1.38 bits per heavy atom. The Morgan fingerprint density at radius 2 is 2.12 bits per heavy atom. The van der Waals surface area contributed by atoms with Crippen molar-refractivity contribution in [2.24, 2.45) is 5.92 Å². The summed E-state index contributed by atoms with van der Waals surface area (Å²) in [6, 6.07) is 9.82. The Balaban J connectivity index is 1.64. The highest BCUT2D eigenvalue weighted by molar-refractivity contribution is 7.15. The molecule has 0 aliphatic carbocycles. The molecular weight excluding hydrogens is 324 g/mol. The van der Waals surface area contributed by atoms with Gasteiger partial charge < -0.3 is 10.2 Å². The monoisotopic (exact) mass is 344 g/mol. The first-order valence-corrected chi connectivity index (χ1v) is 8.87. The number of carbonyl (C=O) groups is 2. The first-order chi connectivity index (χ1) is 11.6. The van der Waals surface area contributed by atoms with Crippen LogP contribution < -0.4 is 5.32 Å². The molecule has 1 fully saturated rings. The number of nitrogens with one attached hydrogen (secondary N) is 1. The Labute approximate surface area is 144 Å². The standard InChI is InChI=1S/C17H20N4O2S/c1-3-14-19-20-17(24-14)18-16(23)13-9-15(22)21(10-13)11(2)12-7-5-4-6-8-12/h4-8,11,13H,3,9-10H2,1-2H3,(H,18,20,23)/t11-,13-/m0/s1. The molecule has 3 rings (SSSR count). The van der Waals surface area contributed by atoms with Crippen LogP contribution in [0.3, 0.4) is 0 Å². The van der Waals surface area contributed by atoms with Gasteiger partial charge in [-0.1, -0.05) is 48.6 Å². The lowest BCUT2D eigenvalue weighted by Gasteiger charge is -2.25. The number of benzene rings is 1. The highest BCUT2D eigenvalue weighted by atomic mass is 32.1. The first-order valence-electron chi connectivity index (χ1n) is 8.06. The maximum absolute atomic E-state index is 12.4. The van der Waals surface area contributed by atoms with E-state index in [0.29, 0.717) is 11.7 Å². The number of nitrogens with zero attached hydrogens (tertiary/aromatic N) is 3. The molecule has 0 saturated carbocycles. The number of aromatic nitrogens is 2. The second-order valence-electron chi connectivity index (χ2n) is 5.88.